The second-order valence-corrected chi connectivity index (χ2v) is 7.30. The molecule has 0 radical (unpaired) electrons. The zero-order chi connectivity index (χ0) is 20.8. The van der Waals surface area contributed by atoms with Crippen LogP contribution in [0.2, 0.25) is 0 Å². The van der Waals surface area contributed by atoms with Crippen molar-refractivity contribution in [3.63, 3.8) is 0 Å². The number of aromatic carboxylic acids is 1. The molecule has 0 fully saturated rings. The third kappa shape index (κ3) is 5.46. The third-order valence-electron chi connectivity index (χ3n) is 4.12. The number of thioether (sulfide) groups is 1. The van der Waals surface area contributed by atoms with Gasteiger partial charge in [0.15, 0.2) is 0 Å². The molecule has 0 bridgehead atoms. The highest BCUT2D eigenvalue weighted by Gasteiger charge is 2.23. The second-order valence-electron chi connectivity index (χ2n) is 6.27. The lowest BCUT2D eigenvalue weighted by molar-refractivity contribution is -0.384. The van der Waals surface area contributed by atoms with E-state index in [1.54, 1.807) is 0 Å². The van der Waals surface area contributed by atoms with Gasteiger partial charge in [-0.15, -0.1) is 0 Å². The number of hydrogen-bond acceptors (Lipinski definition) is 6. The first kappa shape index (κ1) is 21.2. The van der Waals surface area contributed by atoms with Crippen LogP contribution in [0.5, 0.6) is 0 Å². The number of nitro groups is 1. The highest BCUT2D eigenvalue weighted by molar-refractivity contribution is 7.98. The molecule has 28 heavy (non-hydrogen) atoms. The van der Waals surface area contributed by atoms with Crippen molar-refractivity contribution in [2.24, 2.45) is 0 Å². The van der Waals surface area contributed by atoms with Crippen LogP contribution in [0.4, 0.5) is 11.4 Å². The summed E-state index contributed by atoms with van der Waals surface area (Å²) < 4.78 is 0. The van der Waals surface area contributed by atoms with Crippen molar-refractivity contribution in [3.8, 4) is 0 Å². The topological polar surface area (TPSA) is 130 Å². The van der Waals surface area contributed by atoms with Gasteiger partial charge in [0.25, 0.3) is 5.69 Å². The Labute approximate surface area is 165 Å². The zero-order valence-corrected chi connectivity index (χ0v) is 16.2. The van der Waals surface area contributed by atoms with Gasteiger partial charge in [0, 0.05) is 17.6 Å². The van der Waals surface area contributed by atoms with Gasteiger partial charge in [-0.05, 0) is 37.1 Å². The first-order chi connectivity index (χ1) is 13.2. The molecule has 0 amide bonds. The number of benzene rings is 2. The minimum absolute atomic E-state index is 0.0327. The molecule has 3 N–H and O–H groups in total. The predicted molar refractivity (Wildman–Crippen MR) is 107 cm³/mol. The first-order valence-electron chi connectivity index (χ1n) is 8.34. The lowest BCUT2D eigenvalue weighted by Crippen LogP contribution is -2.32. The average Bonchev–Trinajstić information content (AvgIpc) is 2.63. The van der Waals surface area contributed by atoms with Gasteiger partial charge in [-0.2, -0.15) is 11.8 Å². The highest BCUT2D eigenvalue weighted by atomic mass is 32.2. The number of aliphatic carboxylic acids is 1. The van der Waals surface area contributed by atoms with E-state index in [1.165, 1.54) is 23.9 Å². The van der Waals surface area contributed by atoms with Gasteiger partial charge >= 0.3 is 11.9 Å². The van der Waals surface area contributed by atoms with E-state index < -0.39 is 28.6 Å². The summed E-state index contributed by atoms with van der Waals surface area (Å²) in [7, 11) is 0. The minimum Gasteiger partial charge on any atom is -0.480 e. The zero-order valence-electron chi connectivity index (χ0n) is 15.3. The number of carbonyl (C=O) groups is 2. The van der Waals surface area contributed by atoms with E-state index >= 15 is 0 Å². The number of nitro benzene ring substituents is 1. The van der Waals surface area contributed by atoms with E-state index in [0.717, 1.165) is 22.8 Å². The van der Waals surface area contributed by atoms with Crippen LogP contribution in [0.1, 0.15) is 27.0 Å². The van der Waals surface area contributed by atoms with E-state index in [4.69, 9.17) is 5.11 Å². The third-order valence-corrected chi connectivity index (χ3v) is 5.20. The van der Waals surface area contributed by atoms with Crippen LogP contribution in [-0.4, -0.2) is 38.9 Å². The predicted octanol–water partition coefficient (Wildman–Crippen LogP) is 3.71. The van der Waals surface area contributed by atoms with Gasteiger partial charge in [-0.25, -0.2) is 9.59 Å². The summed E-state index contributed by atoms with van der Waals surface area (Å²) in [6, 6.07) is 8.31. The van der Waals surface area contributed by atoms with Gasteiger partial charge in [0.2, 0.25) is 0 Å². The number of aryl methyl sites for hydroxylation is 2. The molecule has 1 atom stereocenters. The van der Waals surface area contributed by atoms with Crippen LogP contribution in [0.3, 0.4) is 0 Å². The number of nitrogens with zero attached hydrogens (tertiary/aromatic N) is 1. The summed E-state index contributed by atoms with van der Waals surface area (Å²) >= 11 is 1.40. The van der Waals surface area contributed by atoms with Gasteiger partial charge in [0.05, 0.1) is 10.5 Å². The molecule has 2 rings (SSSR count). The maximum Gasteiger partial charge on any atom is 0.335 e. The SMILES string of the molecule is Cc1ccc(C)c(CSC[C@H](Nc2ccc(C(=O)O)cc2[N+](=O)[O-])C(=O)O)c1. The van der Waals surface area contributed by atoms with Crippen molar-refractivity contribution in [1.29, 1.82) is 0 Å². The van der Waals surface area contributed by atoms with E-state index in [2.05, 4.69) is 5.32 Å². The van der Waals surface area contributed by atoms with Gasteiger partial charge in [-0.1, -0.05) is 23.8 Å². The highest BCUT2D eigenvalue weighted by Crippen LogP contribution is 2.27. The Morgan fingerprint density at radius 1 is 1.18 bits per heavy atom. The maximum atomic E-state index is 11.6. The molecular weight excluding hydrogens is 384 g/mol. The number of carboxylic acid groups (broad SMARTS) is 2. The molecule has 0 unspecified atom stereocenters. The van der Waals surface area contributed by atoms with Crippen molar-refractivity contribution in [2.75, 3.05) is 11.1 Å². The Morgan fingerprint density at radius 3 is 2.50 bits per heavy atom. The van der Waals surface area contributed by atoms with Crippen molar-refractivity contribution in [3.05, 3.63) is 68.8 Å². The van der Waals surface area contributed by atoms with E-state index in [0.29, 0.717) is 5.75 Å². The molecule has 2 aromatic rings. The Kier molecular flexibility index (Phi) is 7.00. The molecule has 2 aromatic carbocycles. The largest absolute Gasteiger partial charge is 0.480 e. The monoisotopic (exact) mass is 404 g/mol. The van der Waals surface area contributed by atoms with Crippen LogP contribution in [0, 0.1) is 24.0 Å². The van der Waals surface area contributed by atoms with Crippen LogP contribution in [0.15, 0.2) is 36.4 Å². The number of nitrogens with one attached hydrogen (secondary N) is 1. The van der Waals surface area contributed by atoms with Crippen molar-refractivity contribution < 1.29 is 24.7 Å². The molecule has 0 saturated heterocycles. The Bertz CT molecular complexity index is 915. The number of carboxylic acids is 2. The first-order valence-corrected chi connectivity index (χ1v) is 9.49. The fourth-order valence-corrected chi connectivity index (χ4v) is 3.65. The fraction of sp³-hybridized carbons (Fsp3) is 0.263. The molecule has 0 aliphatic rings. The molecule has 0 saturated carbocycles. The number of rotatable bonds is 9. The molecule has 0 aliphatic heterocycles. The Hall–Kier alpha value is -3.07. The summed E-state index contributed by atoms with van der Waals surface area (Å²) in [6.45, 7) is 3.96. The molecule has 9 heteroatoms. The average molecular weight is 404 g/mol. The minimum atomic E-state index is -1.30. The summed E-state index contributed by atoms with van der Waals surface area (Å²) in [5.74, 6) is -1.65. The molecular formula is C19H20N2O6S. The lowest BCUT2D eigenvalue weighted by Gasteiger charge is -2.16. The number of anilines is 1. The van der Waals surface area contributed by atoms with Gasteiger partial charge in [0.1, 0.15) is 11.7 Å². The van der Waals surface area contributed by atoms with Gasteiger partial charge < -0.3 is 15.5 Å². The van der Waals surface area contributed by atoms with Crippen molar-refractivity contribution in [2.45, 2.75) is 25.6 Å². The quantitative estimate of drug-likeness (QED) is 0.426. The van der Waals surface area contributed by atoms with E-state index in [1.807, 2.05) is 32.0 Å². The normalized spacial score (nSPS) is 11.6. The van der Waals surface area contributed by atoms with Gasteiger partial charge in [-0.3, -0.25) is 10.1 Å². The second kappa shape index (κ2) is 9.23. The van der Waals surface area contributed by atoms with E-state index in [9.17, 15) is 24.8 Å². The van der Waals surface area contributed by atoms with Crippen LogP contribution in [-0.2, 0) is 10.5 Å². The smallest absolute Gasteiger partial charge is 0.335 e. The van der Waals surface area contributed by atoms with Crippen LogP contribution >= 0.6 is 11.8 Å². The summed E-state index contributed by atoms with van der Waals surface area (Å²) in [5.41, 5.74) is 2.57. The van der Waals surface area contributed by atoms with Crippen LogP contribution < -0.4 is 5.32 Å². The molecule has 0 aromatic heterocycles. The Balaban J connectivity index is 2.12. The molecule has 148 valence electrons. The lowest BCUT2D eigenvalue weighted by atomic mass is 10.1. The molecule has 8 nitrogen and oxygen atoms in total. The standard InChI is InChI=1S/C19H20N2O6S/c1-11-3-4-12(2)14(7-11)9-28-10-16(19(24)25)20-15-6-5-13(18(22)23)8-17(15)21(26)27/h3-8,16,20H,9-10H2,1-2H3,(H,22,23)(H,24,25)/t16-/m0/s1. The molecule has 0 heterocycles. The fourth-order valence-electron chi connectivity index (χ4n) is 2.54. The molecule has 0 aliphatic carbocycles. The molecule has 0 spiro atoms. The van der Waals surface area contributed by atoms with Crippen molar-refractivity contribution in [1.82, 2.24) is 0 Å². The summed E-state index contributed by atoms with van der Waals surface area (Å²) in [4.78, 5) is 33.1. The van der Waals surface area contributed by atoms with Crippen molar-refractivity contribution >= 4 is 35.1 Å². The summed E-state index contributed by atoms with van der Waals surface area (Å²) in [5, 5.41) is 32.3. The summed E-state index contributed by atoms with van der Waals surface area (Å²) in [6.07, 6.45) is 0. The van der Waals surface area contributed by atoms with E-state index in [-0.39, 0.29) is 17.0 Å². The Morgan fingerprint density at radius 2 is 1.89 bits per heavy atom. The van der Waals surface area contributed by atoms with Crippen LogP contribution in [0.25, 0.3) is 0 Å². The maximum absolute atomic E-state index is 11.6. The number of hydrogen-bond donors (Lipinski definition) is 3.